The Morgan fingerprint density at radius 2 is 1.47 bits per heavy atom. The highest BCUT2D eigenvalue weighted by Crippen LogP contribution is 2.21. The number of ether oxygens (including phenoxy) is 1. The Kier molecular flexibility index (Phi) is 3.61. The van der Waals surface area contributed by atoms with Crippen LogP contribution in [-0.4, -0.2) is 19.0 Å². The molecule has 4 nitrogen and oxygen atoms in total. The summed E-state index contributed by atoms with van der Waals surface area (Å²) in [4.78, 5) is 22.6. The first kappa shape index (κ1) is 12.8. The Hall–Kier alpha value is -2.62. The summed E-state index contributed by atoms with van der Waals surface area (Å²) in [6.45, 7) is 0. The van der Waals surface area contributed by atoms with Gasteiger partial charge in [-0.25, -0.2) is 4.79 Å². The third-order valence-electron chi connectivity index (χ3n) is 2.76. The van der Waals surface area contributed by atoms with Gasteiger partial charge in [-0.05, 0) is 35.4 Å². The predicted octanol–water partition coefficient (Wildman–Crippen LogP) is 2.24. The SMILES string of the molecule is COC(=O)c1cccc(-c2cccc(C(N)=O)c2)c1. The number of rotatable bonds is 3. The molecule has 0 aromatic heterocycles. The Bertz CT molecular complexity index is 635. The Labute approximate surface area is 110 Å². The third-order valence-corrected chi connectivity index (χ3v) is 2.76. The number of carbonyl (C=O) groups is 2. The molecule has 0 saturated carbocycles. The monoisotopic (exact) mass is 255 g/mol. The lowest BCUT2D eigenvalue weighted by Gasteiger charge is -2.05. The van der Waals surface area contributed by atoms with Crippen molar-refractivity contribution in [1.82, 2.24) is 0 Å². The van der Waals surface area contributed by atoms with Crippen LogP contribution in [0.1, 0.15) is 20.7 Å². The highest BCUT2D eigenvalue weighted by molar-refractivity contribution is 5.94. The summed E-state index contributed by atoms with van der Waals surface area (Å²) < 4.78 is 4.68. The van der Waals surface area contributed by atoms with Gasteiger partial charge in [-0.1, -0.05) is 24.3 Å². The van der Waals surface area contributed by atoms with Crippen LogP contribution in [0.3, 0.4) is 0 Å². The smallest absolute Gasteiger partial charge is 0.337 e. The Morgan fingerprint density at radius 1 is 0.947 bits per heavy atom. The molecule has 0 saturated heterocycles. The van der Waals surface area contributed by atoms with Crippen LogP contribution in [0.2, 0.25) is 0 Å². The number of benzene rings is 2. The van der Waals surface area contributed by atoms with Gasteiger partial charge in [-0.3, -0.25) is 4.79 Å². The number of methoxy groups -OCH3 is 1. The van der Waals surface area contributed by atoms with Gasteiger partial charge in [-0.15, -0.1) is 0 Å². The number of carbonyl (C=O) groups excluding carboxylic acids is 2. The second kappa shape index (κ2) is 5.35. The van der Waals surface area contributed by atoms with E-state index in [0.29, 0.717) is 11.1 Å². The molecule has 1 amide bonds. The minimum absolute atomic E-state index is 0.395. The Balaban J connectivity index is 2.44. The van der Waals surface area contributed by atoms with E-state index in [2.05, 4.69) is 4.74 Å². The van der Waals surface area contributed by atoms with Gasteiger partial charge in [0.25, 0.3) is 0 Å². The largest absolute Gasteiger partial charge is 0.465 e. The first-order chi connectivity index (χ1) is 9.11. The van der Waals surface area contributed by atoms with Crippen molar-refractivity contribution in [3.63, 3.8) is 0 Å². The molecule has 0 bridgehead atoms. The van der Waals surface area contributed by atoms with Crippen molar-refractivity contribution in [3.8, 4) is 11.1 Å². The van der Waals surface area contributed by atoms with E-state index >= 15 is 0 Å². The van der Waals surface area contributed by atoms with E-state index in [9.17, 15) is 9.59 Å². The summed E-state index contributed by atoms with van der Waals surface area (Å²) in [5, 5.41) is 0. The standard InChI is InChI=1S/C15H13NO3/c1-19-15(18)13-7-3-5-11(9-13)10-4-2-6-12(8-10)14(16)17/h2-9H,1H3,(H2,16,17). The molecule has 2 aromatic rings. The van der Waals surface area contributed by atoms with Crippen LogP contribution in [0.25, 0.3) is 11.1 Å². The van der Waals surface area contributed by atoms with E-state index in [1.165, 1.54) is 7.11 Å². The number of nitrogens with two attached hydrogens (primary N) is 1. The highest BCUT2D eigenvalue weighted by Gasteiger charge is 2.08. The van der Waals surface area contributed by atoms with Crippen LogP contribution < -0.4 is 5.73 Å². The fraction of sp³-hybridized carbons (Fsp3) is 0.0667. The van der Waals surface area contributed by atoms with Crippen molar-refractivity contribution in [1.29, 1.82) is 0 Å². The van der Waals surface area contributed by atoms with Crippen LogP contribution in [0, 0.1) is 0 Å². The molecule has 0 fully saturated rings. The maximum absolute atomic E-state index is 11.5. The van der Waals surface area contributed by atoms with Crippen LogP contribution in [0.15, 0.2) is 48.5 Å². The number of primary amides is 1. The van der Waals surface area contributed by atoms with Gasteiger partial charge in [-0.2, -0.15) is 0 Å². The number of esters is 1. The van der Waals surface area contributed by atoms with Gasteiger partial charge in [0.1, 0.15) is 0 Å². The van der Waals surface area contributed by atoms with Gasteiger partial charge in [0.2, 0.25) is 5.91 Å². The molecule has 96 valence electrons. The maximum Gasteiger partial charge on any atom is 0.337 e. The normalized spacial score (nSPS) is 9.95. The average Bonchev–Trinajstić information content (AvgIpc) is 2.46. The lowest BCUT2D eigenvalue weighted by atomic mass is 10.0. The van der Waals surface area contributed by atoms with Crippen molar-refractivity contribution in [2.45, 2.75) is 0 Å². The van der Waals surface area contributed by atoms with Crippen molar-refractivity contribution < 1.29 is 14.3 Å². The maximum atomic E-state index is 11.5. The van der Waals surface area contributed by atoms with Gasteiger partial charge in [0.05, 0.1) is 12.7 Å². The van der Waals surface area contributed by atoms with Gasteiger partial charge in [0.15, 0.2) is 0 Å². The third kappa shape index (κ3) is 2.80. The predicted molar refractivity (Wildman–Crippen MR) is 71.7 cm³/mol. The van der Waals surface area contributed by atoms with Crippen molar-refractivity contribution in [2.24, 2.45) is 5.73 Å². The molecule has 0 radical (unpaired) electrons. The summed E-state index contributed by atoms with van der Waals surface area (Å²) in [5.41, 5.74) is 7.79. The molecule has 4 heteroatoms. The summed E-state index contributed by atoms with van der Waals surface area (Å²) >= 11 is 0. The topological polar surface area (TPSA) is 69.4 Å². The Morgan fingerprint density at radius 3 is 2.00 bits per heavy atom. The van der Waals surface area contributed by atoms with Crippen molar-refractivity contribution in [3.05, 3.63) is 59.7 Å². The van der Waals surface area contributed by atoms with E-state index in [4.69, 9.17) is 5.73 Å². The van der Waals surface area contributed by atoms with Crippen molar-refractivity contribution in [2.75, 3.05) is 7.11 Å². The van der Waals surface area contributed by atoms with Crippen LogP contribution in [-0.2, 0) is 4.74 Å². The van der Waals surface area contributed by atoms with Crippen LogP contribution in [0.5, 0.6) is 0 Å². The lowest BCUT2D eigenvalue weighted by molar-refractivity contribution is 0.0600. The zero-order valence-corrected chi connectivity index (χ0v) is 10.4. The molecule has 0 spiro atoms. The molecule has 0 aliphatic rings. The molecule has 0 atom stereocenters. The minimum Gasteiger partial charge on any atom is -0.465 e. The fourth-order valence-corrected chi connectivity index (χ4v) is 1.80. The average molecular weight is 255 g/mol. The molecule has 19 heavy (non-hydrogen) atoms. The quantitative estimate of drug-likeness (QED) is 0.855. The summed E-state index contributed by atoms with van der Waals surface area (Å²) in [5.74, 6) is -0.876. The van der Waals surface area contributed by atoms with Crippen LogP contribution in [0.4, 0.5) is 0 Å². The first-order valence-corrected chi connectivity index (χ1v) is 5.70. The van der Waals surface area contributed by atoms with Crippen LogP contribution >= 0.6 is 0 Å². The molecular weight excluding hydrogens is 242 g/mol. The highest BCUT2D eigenvalue weighted by atomic mass is 16.5. The fourth-order valence-electron chi connectivity index (χ4n) is 1.80. The molecule has 0 unspecified atom stereocenters. The van der Waals surface area contributed by atoms with E-state index in [0.717, 1.165) is 11.1 Å². The van der Waals surface area contributed by atoms with Crippen molar-refractivity contribution >= 4 is 11.9 Å². The molecule has 2 aromatic carbocycles. The first-order valence-electron chi connectivity index (χ1n) is 5.70. The van der Waals surface area contributed by atoms with E-state index < -0.39 is 11.9 Å². The molecule has 0 aliphatic heterocycles. The number of hydrogen-bond acceptors (Lipinski definition) is 3. The second-order valence-corrected chi connectivity index (χ2v) is 4.02. The van der Waals surface area contributed by atoms with E-state index in [-0.39, 0.29) is 0 Å². The minimum atomic E-state index is -0.481. The number of amides is 1. The number of hydrogen-bond donors (Lipinski definition) is 1. The molecular formula is C15H13NO3. The zero-order chi connectivity index (χ0) is 13.8. The van der Waals surface area contributed by atoms with E-state index in [1.54, 1.807) is 36.4 Å². The molecule has 2 rings (SSSR count). The molecule has 0 aliphatic carbocycles. The summed E-state index contributed by atoms with van der Waals surface area (Å²) in [7, 11) is 1.34. The zero-order valence-electron chi connectivity index (χ0n) is 10.4. The van der Waals surface area contributed by atoms with Gasteiger partial charge >= 0.3 is 5.97 Å². The van der Waals surface area contributed by atoms with Gasteiger partial charge in [0, 0.05) is 5.56 Å². The summed E-state index contributed by atoms with van der Waals surface area (Å²) in [6, 6.07) is 13.9. The molecule has 2 N–H and O–H groups in total. The van der Waals surface area contributed by atoms with E-state index in [1.807, 2.05) is 12.1 Å². The summed E-state index contributed by atoms with van der Waals surface area (Å²) in [6.07, 6.45) is 0. The van der Waals surface area contributed by atoms with Gasteiger partial charge < -0.3 is 10.5 Å². The molecule has 0 heterocycles. The second-order valence-electron chi connectivity index (χ2n) is 4.02. The lowest BCUT2D eigenvalue weighted by Crippen LogP contribution is -2.10.